The quantitative estimate of drug-likeness (QED) is 0.451. The van der Waals surface area contributed by atoms with E-state index in [0.29, 0.717) is 48.6 Å². The topological polar surface area (TPSA) is 63.7 Å². The van der Waals surface area contributed by atoms with Crippen molar-refractivity contribution in [3.05, 3.63) is 59.5 Å². The number of aromatic nitrogens is 1. The van der Waals surface area contributed by atoms with E-state index < -0.39 is 23.8 Å². The van der Waals surface area contributed by atoms with E-state index in [2.05, 4.69) is 10.3 Å². The molecule has 2 heterocycles. The van der Waals surface area contributed by atoms with Crippen LogP contribution in [0.15, 0.2) is 42.6 Å². The zero-order valence-electron chi connectivity index (χ0n) is 19.9. The van der Waals surface area contributed by atoms with Crippen molar-refractivity contribution in [1.82, 2.24) is 9.88 Å². The highest BCUT2D eigenvalue weighted by Crippen LogP contribution is 2.37. The molecule has 1 amide bonds. The van der Waals surface area contributed by atoms with Crippen LogP contribution in [0.25, 0.3) is 10.9 Å². The van der Waals surface area contributed by atoms with Gasteiger partial charge in [-0.1, -0.05) is 18.2 Å². The van der Waals surface area contributed by atoms with E-state index in [4.69, 9.17) is 9.47 Å². The van der Waals surface area contributed by atoms with Gasteiger partial charge < -0.3 is 19.7 Å². The molecule has 6 nitrogen and oxygen atoms in total. The van der Waals surface area contributed by atoms with E-state index in [-0.39, 0.29) is 17.6 Å². The number of methoxy groups -OCH3 is 1. The monoisotopic (exact) mass is 487 g/mol. The average Bonchev–Trinajstić information content (AvgIpc) is 2.84. The first kappa shape index (κ1) is 24.6. The second kappa shape index (κ2) is 10.4. The van der Waals surface area contributed by atoms with Crippen LogP contribution >= 0.6 is 0 Å². The fraction of sp³-hybridized carbons (Fsp3) is 0.385. The van der Waals surface area contributed by atoms with Gasteiger partial charge in [0.1, 0.15) is 11.9 Å². The standard InChI is InChI=1S/C26H28F3N3O3/c1-15(18-5-4-6-19(25(18)27)26(28)29)31-21-7-10-30-22-14-23(34-3)24(13-20(21)22)35-17-8-11-32(12-9-17)16(2)33/h4-7,10,13-15,17,26H,8-9,11-12H2,1-3H3,(H,30,31)/t15-/m1/s1. The van der Waals surface area contributed by atoms with Crippen LogP contribution in [0.2, 0.25) is 0 Å². The lowest BCUT2D eigenvalue weighted by molar-refractivity contribution is -0.130. The number of hydrogen-bond donors (Lipinski definition) is 1. The van der Waals surface area contributed by atoms with Crippen LogP contribution in [0.1, 0.15) is 50.3 Å². The Morgan fingerprint density at radius 1 is 1.14 bits per heavy atom. The van der Waals surface area contributed by atoms with Gasteiger partial charge in [-0.3, -0.25) is 9.78 Å². The summed E-state index contributed by atoms with van der Waals surface area (Å²) in [6.45, 7) is 4.53. The normalized spacial score (nSPS) is 15.3. The zero-order chi connectivity index (χ0) is 25.1. The zero-order valence-corrected chi connectivity index (χ0v) is 19.9. The highest BCUT2D eigenvalue weighted by atomic mass is 19.3. The molecule has 2 aromatic carbocycles. The molecule has 1 atom stereocenters. The molecule has 1 saturated heterocycles. The van der Waals surface area contributed by atoms with Crippen molar-refractivity contribution in [3.63, 3.8) is 0 Å². The number of piperidine rings is 1. The summed E-state index contributed by atoms with van der Waals surface area (Å²) in [5.41, 5.74) is 0.824. The number of rotatable bonds is 7. The van der Waals surface area contributed by atoms with Crippen LogP contribution in [0.5, 0.6) is 11.5 Å². The molecule has 0 bridgehead atoms. The molecule has 1 aromatic heterocycles. The highest BCUT2D eigenvalue weighted by Gasteiger charge is 2.24. The van der Waals surface area contributed by atoms with Crippen molar-refractivity contribution < 1.29 is 27.4 Å². The van der Waals surface area contributed by atoms with Crippen LogP contribution in [-0.4, -0.2) is 42.1 Å². The molecule has 0 radical (unpaired) electrons. The summed E-state index contributed by atoms with van der Waals surface area (Å²) < 4.78 is 52.8. The molecule has 0 saturated carbocycles. The number of ether oxygens (including phenoxy) is 2. The third-order valence-corrected chi connectivity index (χ3v) is 6.34. The molecule has 9 heteroatoms. The van der Waals surface area contributed by atoms with Gasteiger partial charge in [-0.2, -0.15) is 0 Å². The Bertz CT molecular complexity index is 1210. The molecule has 1 N–H and O–H groups in total. The first-order chi connectivity index (χ1) is 16.8. The van der Waals surface area contributed by atoms with Crippen molar-refractivity contribution in [1.29, 1.82) is 0 Å². The number of nitrogens with one attached hydrogen (secondary N) is 1. The fourth-order valence-electron chi connectivity index (χ4n) is 4.38. The average molecular weight is 488 g/mol. The van der Waals surface area contributed by atoms with E-state index in [9.17, 15) is 18.0 Å². The number of pyridine rings is 1. The van der Waals surface area contributed by atoms with E-state index in [1.54, 1.807) is 44.2 Å². The molecule has 0 aliphatic carbocycles. The van der Waals surface area contributed by atoms with Crippen molar-refractivity contribution >= 4 is 22.5 Å². The minimum Gasteiger partial charge on any atom is -0.493 e. The smallest absolute Gasteiger partial charge is 0.266 e. The number of carbonyl (C=O) groups excluding carboxylic acids is 1. The third kappa shape index (κ3) is 5.28. The number of carbonyl (C=O) groups is 1. The number of anilines is 1. The maximum atomic E-state index is 14.7. The fourth-order valence-corrected chi connectivity index (χ4v) is 4.38. The minimum absolute atomic E-state index is 0.0539. The second-order valence-corrected chi connectivity index (χ2v) is 8.62. The summed E-state index contributed by atoms with van der Waals surface area (Å²) >= 11 is 0. The molecule has 1 aliphatic heterocycles. The first-order valence-electron chi connectivity index (χ1n) is 11.5. The number of fused-ring (bicyclic) bond motifs is 1. The van der Waals surface area contributed by atoms with Crippen LogP contribution in [-0.2, 0) is 4.79 Å². The van der Waals surface area contributed by atoms with Crippen molar-refractivity contribution in [3.8, 4) is 11.5 Å². The Balaban J connectivity index is 1.61. The number of halogens is 3. The summed E-state index contributed by atoms with van der Waals surface area (Å²) in [7, 11) is 1.55. The predicted molar refractivity (Wildman–Crippen MR) is 128 cm³/mol. The molecule has 186 valence electrons. The van der Waals surface area contributed by atoms with Gasteiger partial charge in [0.15, 0.2) is 11.5 Å². The van der Waals surface area contributed by atoms with Gasteiger partial charge in [-0.05, 0) is 19.1 Å². The Hall–Kier alpha value is -3.49. The molecule has 0 unspecified atom stereocenters. The Kier molecular flexibility index (Phi) is 7.33. The van der Waals surface area contributed by atoms with Gasteiger partial charge in [-0.25, -0.2) is 13.2 Å². The number of benzene rings is 2. The lowest BCUT2D eigenvalue weighted by atomic mass is 10.0. The second-order valence-electron chi connectivity index (χ2n) is 8.62. The molecule has 1 aliphatic rings. The summed E-state index contributed by atoms with van der Waals surface area (Å²) in [5, 5.41) is 3.95. The van der Waals surface area contributed by atoms with E-state index in [1.807, 2.05) is 6.07 Å². The summed E-state index contributed by atoms with van der Waals surface area (Å²) in [6, 6.07) is 8.76. The number of hydrogen-bond acceptors (Lipinski definition) is 5. The number of nitrogens with zero attached hydrogens (tertiary/aromatic N) is 2. The Labute approximate surface area is 202 Å². The van der Waals surface area contributed by atoms with Gasteiger partial charge in [0.25, 0.3) is 6.43 Å². The van der Waals surface area contributed by atoms with Gasteiger partial charge in [-0.15, -0.1) is 0 Å². The highest BCUT2D eigenvalue weighted by molar-refractivity contribution is 5.93. The van der Waals surface area contributed by atoms with E-state index in [0.717, 1.165) is 11.5 Å². The lowest BCUT2D eigenvalue weighted by Crippen LogP contribution is -2.40. The summed E-state index contributed by atoms with van der Waals surface area (Å²) in [6.07, 6.45) is 0.0557. The number of likely N-dealkylation sites (tertiary alicyclic amines) is 1. The van der Waals surface area contributed by atoms with Crippen LogP contribution in [0.3, 0.4) is 0 Å². The predicted octanol–water partition coefficient (Wildman–Crippen LogP) is 5.88. The molecule has 0 spiro atoms. The van der Waals surface area contributed by atoms with Gasteiger partial charge in [0.2, 0.25) is 5.91 Å². The molecule has 35 heavy (non-hydrogen) atoms. The Morgan fingerprint density at radius 2 is 1.86 bits per heavy atom. The Morgan fingerprint density at radius 3 is 2.51 bits per heavy atom. The minimum atomic E-state index is -2.89. The summed E-state index contributed by atoms with van der Waals surface area (Å²) in [5.74, 6) is 0.206. The molecule has 1 fully saturated rings. The van der Waals surface area contributed by atoms with Crippen LogP contribution in [0.4, 0.5) is 18.9 Å². The van der Waals surface area contributed by atoms with Gasteiger partial charge in [0, 0.05) is 61.8 Å². The largest absolute Gasteiger partial charge is 0.493 e. The third-order valence-electron chi connectivity index (χ3n) is 6.34. The van der Waals surface area contributed by atoms with Crippen molar-refractivity contribution in [2.45, 2.75) is 45.3 Å². The molecule has 4 rings (SSSR count). The molecule has 3 aromatic rings. The van der Waals surface area contributed by atoms with Gasteiger partial charge >= 0.3 is 0 Å². The van der Waals surface area contributed by atoms with Crippen LogP contribution < -0.4 is 14.8 Å². The lowest BCUT2D eigenvalue weighted by Gasteiger charge is -2.31. The summed E-state index contributed by atoms with van der Waals surface area (Å²) in [4.78, 5) is 17.8. The van der Waals surface area contributed by atoms with Crippen molar-refractivity contribution in [2.75, 3.05) is 25.5 Å². The maximum absolute atomic E-state index is 14.7. The van der Waals surface area contributed by atoms with Crippen LogP contribution in [0, 0.1) is 5.82 Å². The van der Waals surface area contributed by atoms with Gasteiger partial charge in [0.05, 0.1) is 24.2 Å². The number of amides is 1. The number of alkyl halides is 2. The molecular weight excluding hydrogens is 459 g/mol. The SMILES string of the molecule is COc1cc2nccc(N[C@H](C)c3cccc(C(F)F)c3F)c2cc1OC1CCN(C(C)=O)CC1. The van der Waals surface area contributed by atoms with Crippen molar-refractivity contribution in [2.24, 2.45) is 0 Å². The first-order valence-corrected chi connectivity index (χ1v) is 11.5. The maximum Gasteiger partial charge on any atom is 0.266 e. The molecular formula is C26H28F3N3O3. The van der Waals surface area contributed by atoms with E-state index in [1.165, 1.54) is 12.1 Å². The van der Waals surface area contributed by atoms with E-state index >= 15 is 0 Å².